The van der Waals surface area contributed by atoms with Gasteiger partial charge in [0, 0.05) is 11.7 Å². The van der Waals surface area contributed by atoms with E-state index in [9.17, 15) is 4.79 Å². The molecule has 1 heterocycles. The van der Waals surface area contributed by atoms with Gasteiger partial charge in [-0.05, 0) is 50.3 Å². The summed E-state index contributed by atoms with van der Waals surface area (Å²) in [4.78, 5) is 14.2. The molecule has 1 aromatic rings. The van der Waals surface area contributed by atoms with E-state index in [1.807, 2.05) is 30.0 Å². The molecular weight excluding hydrogens is 334 g/mol. The Morgan fingerprint density at radius 3 is 2.59 bits per heavy atom. The van der Waals surface area contributed by atoms with Crippen LogP contribution in [0.5, 0.6) is 0 Å². The minimum Gasteiger partial charge on any atom is -0.479 e. The third-order valence-electron chi connectivity index (χ3n) is 3.43. The van der Waals surface area contributed by atoms with E-state index in [1.165, 1.54) is 11.8 Å². The second kappa shape index (κ2) is 7.23. The van der Waals surface area contributed by atoms with Crippen molar-refractivity contribution in [2.75, 3.05) is 6.61 Å². The summed E-state index contributed by atoms with van der Waals surface area (Å²) in [6.07, 6.45) is 0. The van der Waals surface area contributed by atoms with Crippen molar-refractivity contribution in [3.05, 3.63) is 35.9 Å². The molecule has 1 aromatic carbocycles. The minimum atomic E-state index is -0.113. The smallest absolute Gasteiger partial charge is 0.222 e. The van der Waals surface area contributed by atoms with Gasteiger partial charge in [0.15, 0.2) is 0 Å². The highest BCUT2D eigenvalue weighted by molar-refractivity contribution is 8.23. The van der Waals surface area contributed by atoms with Gasteiger partial charge < -0.3 is 9.64 Å². The van der Waals surface area contributed by atoms with E-state index in [-0.39, 0.29) is 21.4 Å². The summed E-state index contributed by atoms with van der Waals surface area (Å²) in [6, 6.07) is 10.1. The van der Waals surface area contributed by atoms with Gasteiger partial charge in [0.05, 0.1) is 6.61 Å². The lowest BCUT2D eigenvalue weighted by molar-refractivity contribution is -0.130. The van der Waals surface area contributed by atoms with Crippen molar-refractivity contribution in [1.82, 2.24) is 4.90 Å². The predicted octanol–water partition coefficient (Wildman–Crippen LogP) is 4.44. The fourth-order valence-corrected chi connectivity index (χ4v) is 5.78. The number of thioether (sulfide) groups is 2. The molecular formula is C16H21NO2S3. The zero-order chi connectivity index (χ0) is 16.3. The molecule has 1 fully saturated rings. The van der Waals surface area contributed by atoms with Crippen LogP contribution in [0.3, 0.4) is 0 Å². The predicted molar refractivity (Wildman–Crippen MR) is 99.0 cm³/mol. The van der Waals surface area contributed by atoms with E-state index in [0.717, 1.165) is 5.56 Å². The largest absolute Gasteiger partial charge is 0.479 e. The highest BCUT2D eigenvalue weighted by Crippen LogP contribution is 2.55. The molecule has 22 heavy (non-hydrogen) atoms. The second-order valence-corrected chi connectivity index (χ2v) is 8.98. The average Bonchev–Trinajstić information content (AvgIpc) is 2.72. The SMILES string of the molecule is CCOC(=S)SC1N(C(C)=O)C(c2ccccc2)SC1(C)C. The maximum Gasteiger partial charge on any atom is 0.222 e. The van der Waals surface area contributed by atoms with Gasteiger partial charge in [0.1, 0.15) is 10.7 Å². The van der Waals surface area contributed by atoms with Crippen LogP contribution in [0.2, 0.25) is 0 Å². The molecule has 2 atom stereocenters. The fraction of sp³-hybridized carbons (Fsp3) is 0.500. The summed E-state index contributed by atoms with van der Waals surface area (Å²) >= 11 is 8.54. The summed E-state index contributed by atoms with van der Waals surface area (Å²) in [5, 5.41) is -0.0325. The first-order valence-corrected chi connectivity index (χ1v) is 9.38. The van der Waals surface area contributed by atoms with Crippen LogP contribution in [0, 0.1) is 0 Å². The summed E-state index contributed by atoms with van der Waals surface area (Å²) in [6.45, 7) is 8.39. The third kappa shape index (κ3) is 3.78. The quantitative estimate of drug-likeness (QED) is 0.748. The van der Waals surface area contributed by atoms with Gasteiger partial charge in [-0.15, -0.1) is 11.8 Å². The molecule has 1 saturated heterocycles. The molecule has 0 radical (unpaired) electrons. The Bertz CT molecular complexity index is 548. The lowest BCUT2D eigenvalue weighted by Gasteiger charge is -2.31. The van der Waals surface area contributed by atoms with E-state index in [1.54, 1.807) is 18.7 Å². The number of benzene rings is 1. The Balaban J connectivity index is 2.31. The van der Waals surface area contributed by atoms with Gasteiger partial charge in [0.25, 0.3) is 0 Å². The van der Waals surface area contributed by atoms with Gasteiger partial charge in [-0.3, -0.25) is 4.79 Å². The molecule has 0 bridgehead atoms. The number of amides is 1. The average molecular weight is 356 g/mol. The molecule has 0 aromatic heterocycles. The molecule has 1 amide bonds. The maximum absolute atomic E-state index is 12.3. The first-order chi connectivity index (χ1) is 10.4. The van der Waals surface area contributed by atoms with Gasteiger partial charge in [-0.1, -0.05) is 30.3 Å². The molecule has 1 aliphatic rings. The number of hydrogen-bond acceptors (Lipinski definition) is 5. The van der Waals surface area contributed by atoms with E-state index < -0.39 is 0 Å². The van der Waals surface area contributed by atoms with Crippen LogP contribution in [-0.2, 0) is 9.53 Å². The number of carbonyl (C=O) groups excluding carboxylic acids is 1. The first-order valence-electron chi connectivity index (χ1n) is 7.22. The summed E-state index contributed by atoms with van der Waals surface area (Å²) in [5.74, 6) is 0.0590. The van der Waals surface area contributed by atoms with E-state index in [2.05, 4.69) is 26.0 Å². The Hall–Kier alpha value is -0.720. The zero-order valence-corrected chi connectivity index (χ0v) is 15.7. The lowest BCUT2D eigenvalue weighted by atomic mass is 10.1. The Labute approximate surface area is 146 Å². The molecule has 2 unspecified atom stereocenters. The molecule has 120 valence electrons. The third-order valence-corrected chi connectivity index (χ3v) is 6.89. The number of hydrogen-bond donors (Lipinski definition) is 0. The standard InChI is InChI=1S/C16H21NO2S3/c1-5-19-15(20)21-14-16(3,4)22-13(17(14)11(2)18)12-9-7-6-8-10-12/h6-10,13-14H,5H2,1-4H3. The summed E-state index contributed by atoms with van der Waals surface area (Å²) in [5.41, 5.74) is 1.14. The fourth-order valence-electron chi connectivity index (χ4n) is 2.48. The van der Waals surface area contributed by atoms with Gasteiger partial charge in [-0.2, -0.15) is 0 Å². The van der Waals surface area contributed by atoms with Crippen molar-refractivity contribution in [2.24, 2.45) is 0 Å². The van der Waals surface area contributed by atoms with E-state index in [0.29, 0.717) is 11.0 Å². The molecule has 2 rings (SSSR count). The van der Waals surface area contributed by atoms with Crippen molar-refractivity contribution >= 4 is 46.0 Å². The maximum atomic E-state index is 12.3. The molecule has 6 heteroatoms. The Kier molecular flexibility index (Phi) is 5.80. The van der Waals surface area contributed by atoms with Crippen molar-refractivity contribution in [1.29, 1.82) is 0 Å². The number of rotatable bonds is 3. The number of nitrogens with zero attached hydrogens (tertiary/aromatic N) is 1. The second-order valence-electron chi connectivity index (χ2n) is 5.56. The molecule has 0 N–H and O–H groups in total. The van der Waals surface area contributed by atoms with Crippen molar-refractivity contribution in [3.8, 4) is 0 Å². The molecule has 1 aliphatic heterocycles. The summed E-state index contributed by atoms with van der Waals surface area (Å²) < 4.78 is 5.80. The number of thiocarbonyl (C=S) groups is 1. The van der Waals surface area contributed by atoms with Crippen LogP contribution in [0.1, 0.15) is 38.6 Å². The van der Waals surface area contributed by atoms with Gasteiger partial charge in [0.2, 0.25) is 10.3 Å². The van der Waals surface area contributed by atoms with Gasteiger partial charge >= 0.3 is 0 Å². The van der Waals surface area contributed by atoms with Crippen LogP contribution in [0.4, 0.5) is 0 Å². The zero-order valence-electron chi connectivity index (χ0n) is 13.2. The van der Waals surface area contributed by atoms with Crippen LogP contribution < -0.4 is 0 Å². The molecule has 0 spiro atoms. The molecule has 0 saturated carbocycles. The number of carbonyl (C=O) groups is 1. The lowest BCUT2D eigenvalue weighted by Crippen LogP contribution is -2.41. The minimum absolute atomic E-state index is 0.00984. The number of ether oxygens (including phenoxy) is 1. The van der Waals surface area contributed by atoms with E-state index >= 15 is 0 Å². The monoisotopic (exact) mass is 355 g/mol. The topological polar surface area (TPSA) is 29.5 Å². The molecule has 0 aliphatic carbocycles. The van der Waals surface area contributed by atoms with Crippen molar-refractivity contribution in [2.45, 2.75) is 43.2 Å². The van der Waals surface area contributed by atoms with E-state index in [4.69, 9.17) is 17.0 Å². The normalized spacial score (nSPS) is 23.4. The Morgan fingerprint density at radius 1 is 1.41 bits per heavy atom. The Morgan fingerprint density at radius 2 is 2.05 bits per heavy atom. The van der Waals surface area contributed by atoms with Gasteiger partial charge in [-0.25, -0.2) is 0 Å². The van der Waals surface area contributed by atoms with Crippen LogP contribution in [0.25, 0.3) is 0 Å². The highest BCUT2D eigenvalue weighted by atomic mass is 32.2. The van der Waals surface area contributed by atoms with Crippen molar-refractivity contribution in [3.63, 3.8) is 0 Å². The van der Waals surface area contributed by atoms with Crippen LogP contribution >= 0.6 is 35.7 Å². The first kappa shape index (κ1) is 17.6. The highest BCUT2D eigenvalue weighted by Gasteiger charge is 2.50. The summed E-state index contributed by atoms with van der Waals surface area (Å²) in [7, 11) is 0. The molecule has 3 nitrogen and oxygen atoms in total. The van der Waals surface area contributed by atoms with Crippen LogP contribution in [-0.4, -0.2) is 31.9 Å². The van der Waals surface area contributed by atoms with Crippen molar-refractivity contribution < 1.29 is 9.53 Å². The van der Waals surface area contributed by atoms with Crippen LogP contribution in [0.15, 0.2) is 30.3 Å².